The van der Waals surface area contributed by atoms with E-state index in [2.05, 4.69) is 18.6 Å². The Morgan fingerprint density at radius 1 is 1.40 bits per heavy atom. The number of rotatable bonds is 4. The summed E-state index contributed by atoms with van der Waals surface area (Å²) in [6.07, 6.45) is 2.87. The third-order valence-corrected chi connectivity index (χ3v) is 5.87. The topological polar surface area (TPSA) is 72.2 Å². The minimum absolute atomic E-state index is 0.0663. The summed E-state index contributed by atoms with van der Waals surface area (Å²) < 4.78 is 40.6. The molecule has 6 heteroatoms. The van der Waals surface area contributed by atoms with Crippen LogP contribution in [0.15, 0.2) is 23.1 Å². The smallest absolute Gasteiger partial charge is 0.242 e. The molecule has 0 aliphatic heterocycles. The molecule has 20 heavy (non-hydrogen) atoms. The average molecular weight is 300 g/mol. The SMILES string of the molecule is CCC1CCC(NS(=O)(=O)c2cc(F)ccc2N)C1C. The number of sulfonamides is 1. The fourth-order valence-corrected chi connectivity index (χ4v) is 4.50. The largest absolute Gasteiger partial charge is 0.398 e. The fourth-order valence-electron chi connectivity index (χ4n) is 2.99. The zero-order valence-electron chi connectivity index (χ0n) is 11.8. The number of benzene rings is 1. The van der Waals surface area contributed by atoms with E-state index in [9.17, 15) is 12.8 Å². The Kier molecular flexibility index (Phi) is 4.34. The number of anilines is 1. The standard InChI is InChI=1S/C14H21FN2O2S/c1-3-10-4-7-13(9(10)2)17-20(18,19)14-8-11(15)5-6-12(14)16/h5-6,8-10,13,17H,3-4,7,16H2,1-2H3. The van der Waals surface area contributed by atoms with E-state index < -0.39 is 15.8 Å². The van der Waals surface area contributed by atoms with E-state index in [-0.39, 0.29) is 22.5 Å². The van der Waals surface area contributed by atoms with Gasteiger partial charge in [-0.15, -0.1) is 0 Å². The van der Waals surface area contributed by atoms with E-state index in [4.69, 9.17) is 5.73 Å². The molecule has 1 saturated carbocycles. The Hall–Kier alpha value is -1.14. The Labute approximate surface area is 119 Å². The van der Waals surface area contributed by atoms with Crippen molar-refractivity contribution < 1.29 is 12.8 Å². The van der Waals surface area contributed by atoms with Gasteiger partial charge in [0.25, 0.3) is 0 Å². The highest BCUT2D eigenvalue weighted by Gasteiger charge is 2.34. The molecule has 112 valence electrons. The van der Waals surface area contributed by atoms with Crippen LogP contribution in [0.1, 0.15) is 33.1 Å². The maximum Gasteiger partial charge on any atom is 0.242 e. The van der Waals surface area contributed by atoms with E-state index in [0.29, 0.717) is 5.92 Å². The lowest BCUT2D eigenvalue weighted by atomic mass is 9.94. The summed E-state index contributed by atoms with van der Waals surface area (Å²) >= 11 is 0. The van der Waals surface area contributed by atoms with Crippen LogP contribution in [0.5, 0.6) is 0 Å². The molecule has 4 nitrogen and oxygen atoms in total. The Morgan fingerprint density at radius 3 is 2.70 bits per heavy atom. The Bertz CT molecular complexity index is 589. The molecule has 1 aromatic carbocycles. The molecule has 2 rings (SSSR count). The van der Waals surface area contributed by atoms with E-state index in [1.807, 2.05) is 0 Å². The van der Waals surface area contributed by atoms with Crippen molar-refractivity contribution in [3.63, 3.8) is 0 Å². The lowest BCUT2D eigenvalue weighted by molar-refractivity contribution is 0.368. The molecule has 3 atom stereocenters. The molecule has 0 heterocycles. The minimum atomic E-state index is -3.78. The van der Waals surface area contributed by atoms with Gasteiger partial charge in [0.05, 0.1) is 5.69 Å². The molecule has 0 amide bonds. The monoisotopic (exact) mass is 300 g/mol. The zero-order chi connectivity index (χ0) is 14.9. The molecule has 3 N–H and O–H groups in total. The summed E-state index contributed by atoms with van der Waals surface area (Å²) in [4.78, 5) is -0.176. The van der Waals surface area contributed by atoms with Gasteiger partial charge in [-0.3, -0.25) is 0 Å². The molecule has 0 bridgehead atoms. The molecule has 0 aromatic heterocycles. The van der Waals surface area contributed by atoms with Crippen LogP contribution in [0.2, 0.25) is 0 Å². The first-order chi connectivity index (χ1) is 9.35. The van der Waals surface area contributed by atoms with E-state index in [1.165, 1.54) is 6.07 Å². The Morgan fingerprint density at radius 2 is 2.10 bits per heavy atom. The summed E-state index contributed by atoms with van der Waals surface area (Å²) in [5.41, 5.74) is 5.72. The normalized spacial score (nSPS) is 26.9. The lowest BCUT2D eigenvalue weighted by Gasteiger charge is -2.21. The van der Waals surface area contributed by atoms with Crippen LogP contribution in [-0.2, 0) is 10.0 Å². The van der Waals surface area contributed by atoms with Gasteiger partial charge in [0.15, 0.2) is 0 Å². The van der Waals surface area contributed by atoms with Crippen LogP contribution in [0.25, 0.3) is 0 Å². The first-order valence-electron chi connectivity index (χ1n) is 6.92. The lowest BCUT2D eigenvalue weighted by Crippen LogP contribution is -2.37. The molecule has 1 fully saturated rings. The predicted octanol–water partition coefficient (Wildman–Crippen LogP) is 2.51. The number of nitrogens with two attached hydrogens (primary N) is 1. The second-order valence-corrected chi connectivity index (χ2v) is 7.20. The second-order valence-electron chi connectivity index (χ2n) is 5.51. The fraction of sp³-hybridized carbons (Fsp3) is 0.571. The van der Waals surface area contributed by atoms with Gasteiger partial charge in [-0.05, 0) is 42.9 Å². The predicted molar refractivity (Wildman–Crippen MR) is 77.1 cm³/mol. The number of hydrogen-bond donors (Lipinski definition) is 2. The Balaban J connectivity index is 2.22. The molecule has 0 radical (unpaired) electrons. The van der Waals surface area contributed by atoms with Gasteiger partial charge in [0.2, 0.25) is 10.0 Å². The summed E-state index contributed by atoms with van der Waals surface area (Å²) in [6.45, 7) is 4.17. The van der Waals surface area contributed by atoms with Gasteiger partial charge in [-0.25, -0.2) is 17.5 Å². The van der Waals surface area contributed by atoms with Crippen LogP contribution in [0.3, 0.4) is 0 Å². The van der Waals surface area contributed by atoms with Gasteiger partial charge in [-0.1, -0.05) is 20.3 Å². The van der Waals surface area contributed by atoms with E-state index in [0.717, 1.165) is 31.4 Å². The maximum atomic E-state index is 13.2. The maximum absolute atomic E-state index is 13.2. The molecular weight excluding hydrogens is 279 g/mol. The first kappa shape index (κ1) is 15.3. The van der Waals surface area contributed by atoms with Crippen molar-refractivity contribution in [2.45, 2.75) is 44.0 Å². The summed E-state index contributed by atoms with van der Waals surface area (Å²) in [7, 11) is -3.78. The highest BCUT2D eigenvalue weighted by molar-refractivity contribution is 7.89. The highest BCUT2D eigenvalue weighted by atomic mass is 32.2. The molecule has 3 unspecified atom stereocenters. The van der Waals surface area contributed by atoms with Crippen LogP contribution >= 0.6 is 0 Å². The summed E-state index contributed by atoms with van der Waals surface area (Å²) in [6, 6.07) is 3.29. The van der Waals surface area contributed by atoms with Crippen molar-refractivity contribution in [1.29, 1.82) is 0 Å². The molecule has 1 aliphatic rings. The third-order valence-electron chi connectivity index (χ3n) is 4.32. The van der Waals surface area contributed by atoms with Crippen molar-refractivity contribution in [3.05, 3.63) is 24.0 Å². The van der Waals surface area contributed by atoms with Gasteiger partial charge < -0.3 is 5.73 Å². The van der Waals surface area contributed by atoms with Gasteiger partial charge in [0, 0.05) is 6.04 Å². The summed E-state index contributed by atoms with van der Waals surface area (Å²) in [5.74, 6) is 0.211. The highest BCUT2D eigenvalue weighted by Crippen LogP contribution is 2.35. The number of hydrogen-bond acceptors (Lipinski definition) is 3. The van der Waals surface area contributed by atoms with Crippen molar-refractivity contribution in [2.24, 2.45) is 11.8 Å². The van der Waals surface area contributed by atoms with Crippen molar-refractivity contribution in [2.75, 3.05) is 5.73 Å². The van der Waals surface area contributed by atoms with Crippen LogP contribution < -0.4 is 10.5 Å². The van der Waals surface area contributed by atoms with Crippen LogP contribution in [0, 0.1) is 17.7 Å². The number of nitrogen functional groups attached to an aromatic ring is 1. The third kappa shape index (κ3) is 2.96. The molecular formula is C14H21FN2O2S. The van der Waals surface area contributed by atoms with Crippen molar-refractivity contribution >= 4 is 15.7 Å². The van der Waals surface area contributed by atoms with E-state index in [1.54, 1.807) is 0 Å². The molecule has 1 aromatic rings. The van der Waals surface area contributed by atoms with Crippen molar-refractivity contribution in [3.8, 4) is 0 Å². The minimum Gasteiger partial charge on any atom is -0.398 e. The van der Waals surface area contributed by atoms with Gasteiger partial charge in [-0.2, -0.15) is 0 Å². The molecule has 0 saturated heterocycles. The molecule has 0 spiro atoms. The van der Waals surface area contributed by atoms with Crippen LogP contribution in [-0.4, -0.2) is 14.5 Å². The van der Waals surface area contributed by atoms with E-state index >= 15 is 0 Å². The number of halogens is 1. The van der Waals surface area contributed by atoms with Gasteiger partial charge >= 0.3 is 0 Å². The van der Waals surface area contributed by atoms with Gasteiger partial charge in [0.1, 0.15) is 10.7 Å². The summed E-state index contributed by atoms with van der Waals surface area (Å²) in [5, 5.41) is 0. The van der Waals surface area contributed by atoms with Crippen LogP contribution in [0.4, 0.5) is 10.1 Å². The van der Waals surface area contributed by atoms with Crippen molar-refractivity contribution in [1.82, 2.24) is 4.72 Å². The first-order valence-corrected chi connectivity index (χ1v) is 8.40. The number of nitrogens with one attached hydrogen (secondary N) is 1. The quantitative estimate of drug-likeness (QED) is 0.839. The zero-order valence-corrected chi connectivity index (χ0v) is 12.6. The molecule has 1 aliphatic carbocycles. The average Bonchev–Trinajstić information content (AvgIpc) is 2.73. The second kappa shape index (κ2) is 5.69.